The molecule has 0 saturated heterocycles. The predicted octanol–water partition coefficient (Wildman–Crippen LogP) is 1.58. The van der Waals surface area contributed by atoms with Crippen molar-refractivity contribution in [3.63, 3.8) is 0 Å². The van der Waals surface area contributed by atoms with Gasteiger partial charge in [-0.3, -0.25) is 0 Å². The summed E-state index contributed by atoms with van der Waals surface area (Å²) in [6.45, 7) is 1.78. The molecule has 0 aromatic heterocycles. The van der Waals surface area contributed by atoms with Crippen LogP contribution in [-0.2, 0) is 9.53 Å². The number of benzene rings is 1. The van der Waals surface area contributed by atoms with E-state index in [9.17, 15) is 14.3 Å². The van der Waals surface area contributed by atoms with Crippen molar-refractivity contribution in [2.24, 2.45) is 0 Å². The second-order valence-corrected chi connectivity index (χ2v) is 4.61. The van der Waals surface area contributed by atoms with E-state index < -0.39 is 17.4 Å². The molecule has 0 bridgehead atoms. The van der Waals surface area contributed by atoms with Gasteiger partial charge >= 0.3 is 5.97 Å². The molecule has 0 radical (unpaired) electrons. The van der Waals surface area contributed by atoms with E-state index in [-0.39, 0.29) is 24.7 Å². The average Bonchev–Trinajstić information content (AvgIpc) is 2.29. The van der Waals surface area contributed by atoms with Gasteiger partial charge in [-0.1, -0.05) is 6.07 Å². The lowest BCUT2D eigenvalue weighted by Crippen LogP contribution is -2.55. The first-order chi connectivity index (χ1) is 8.44. The Morgan fingerprint density at radius 3 is 2.72 bits per heavy atom. The quantitative estimate of drug-likeness (QED) is 0.832. The molecule has 0 atom stereocenters. The highest BCUT2D eigenvalue weighted by Gasteiger charge is 2.51. The molecule has 18 heavy (non-hydrogen) atoms. The summed E-state index contributed by atoms with van der Waals surface area (Å²) in [5, 5.41) is 9.79. The van der Waals surface area contributed by atoms with Gasteiger partial charge in [0.2, 0.25) is 0 Å². The van der Waals surface area contributed by atoms with Crippen LogP contribution >= 0.6 is 0 Å². The minimum absolute atomic E-state index is 0.118. The zero-order chi connectivity index (χ0) is 13.3. The molecule has 1 aromatic rings. The van der Waals surface area contributed by atoms with Gasteiger partial charge in [-0.05, 0) is 24.6 Å². The molecule has 1 fully saturated rings. The van der Waals surface area contributed by atoms with Gasteiger partial charge < -0.3 is 14.6 Å². The molecule has 1 saturated carbocycles. The second kappa shape index (κ2) is 4.57. The van der Waals surface area contributed by atoms with E-state index in [1.54, 1.807) is 19.1 Å². The number of carbonyl (C=O) groups excluding carboxylic acids is 1. The van der Waals surface area contributed by atoms with Crippen LogP contribution in [0.3, 0.4) is 0 Å². The van der Waals surface area contributed by atoms with Crippen LogP contribution in [0.5, 0.6) is 5.75 Å². The fraction of sp³-hybridized carbons (Fsp3) is 0.462. The molecule has 2 rings (SSSR count). The lowest BCUT2D eigenvalue weighted by molar-refractivity contribution is -0.182. The molecule has 4 nitrogen and oxygen atoms in total. The third-order valence-corrected chi connectivity index (χ3v) is 3.08. The van der Waals surface area contributed by atoms with Crippen LogP contribution in [0, 0.1) is 12.7 Å². The summed E-state index contributed by atoms with van der Waals surface area (Å²) in [5.74, 6) is -0.979. The van der Waals surface area contributed by atoms with Crippen molar-refractivity contribution in [1.82, 2.24) is 0 Å². The lowest BCUT2D eigenvalue weighted by atomic mass is 9.77. The fourth-order valence-corrected chi connectivity index (χ4v) is 2.01. The molecule has 0 aliphatic heterocycles. The minimum atomic E-state index is -1.49. The highest BCUT2D eigenvalue weighted by atomic mass is 19.1. The summed E-state index contributed by atoms with van der Waals surface area (Å²) in [7, 11) is 1.22. The largest absolute Gasteiger partial charge is 0.487 e. The van der Waals surface area contributed by atoms with Crippen LogP contribution in [0.2, 0.25) is 0 Å². The minimum Gasteiger partial charge on any atom is -0.487 e. The lowest BCUT2D eigenvalue weighted by Gasteiger charge is -2.40. The molecule has 0 spiro atoms. The molecule has 98 valence electrons. The number of esters is 1. The Bertz CT molecular complexity index is 466. The molecule has 5 heteroatoms. The Kier molecular flexibility index (Phi) is 3.26. The van der Waals surface area contributed by atoms with Crippen molar-refractivity contribution in [3.8, 4) is 5.75 Å². The van der Waals surface area contributed by atoms with Crippen molar-refractivity contribution in [1.29, 1.82) is 0 Å². The Hall–Kier alpha value is -1.62. The first-order valence-electron chi connectivity index (χ1n) is 5.68. The molecule has 1 aliphatic carbocycles. The number of aliphatic hydroxyl groups is 1. The Morgan fingerprint density at radius 2 is 2.17 bits per heavy atom. The van der Waals surface area contributed by atoms with Crippen molar-refractivity contribution >= 4 is 5.97 Å². The SMILES string of the molecule is COC(=O)C1(O)CC(Oc2ccc(C)cc2F)C1. The van der Waals surface area contributed by atoms with E-state index in [1.165, 1.54) is 13.2 Å². The van der Waals surface area contributed by atoms with Crippen molar-refractivity contribution in [3.05, 3.63) is 29.6 Å². The van der Waals surface area contributed by atoms with Gasteiger partial charge in [-0.2, -0.15) is 0 Å². The van der Waals surface area contributed by atoms with E-state index >= 15 is 0 Å². The van der Waals surface area contributed by atoms with E-state index in [1.807, 2.05) is 0 Å². The summed E-state index contributed by atoms with van der Waals surface area (Å²) in [5.41, 5.74) is -0.680. The van der Waals surface area contributed by atoms with Crippen LogP contribution in [0.15, 0.2) is 18.2 Å². The zero-order valence-electron chi connectivity index (χ0n) is 10.3. The van der Waals surface area contributed by atoms with Gasteiger partial charge in [0.25, 0.3) is 0 Å². The van der Waals surface area contributed by atoms with E-state index in [0.717, 1.165) is 5.56 Å². The monoisotopic (exact) mass is 254 g/mol. The summed E-state index contributed by atoms with van der Waals surface area (Å²) in [6, 6.07) is 4.66. The number of hydrogen-bond acceptors (Lipinski definition) is 4. The highest BCUT2D eigenvalue weighted by Crippen LogP contribution is 2.36. The smallest absolute Gasteiger partial charge is 0.338 e. The summed E-state index contributed by atoms with van der Waals surface area (Å²) in [4.78, 5) is 11.2. The van der Waals surface area contributed by atoms with Gasteiger partial charge in [0.05, 0.1) is 7.11 Å². The van der Waals surface area contributed by atoms with Crippen molar-refractivity contribution < 1.29 is 23.8 Å². The molecule has 0 heterocycles. The van der Waals surface area contributed by atoms with Crippen molar-refractivity contribution in [2.75, 3.05) is 7.11 Å². The number of hydrogen-bond donors (Lipinski definition) is 1. The van der Waals surface area contributed by atoms with Crippen LogP contribution < -0.4 is 4.74 Å². The van der Waals surface area contributed by atoms with Gasteiger partial charge in [0, 0.05) is 12.8 Å². The molecular weight excluding hydrogens is 239 g/mol. The number of rotatable bonds is 3. The molecule has 0 unspecified atom stereocenters. The molecule has 1 aliphatic rings. The standard InChI is InChI=1S/C13H15FO4/c1-8-3-4-11(10(14)5-8)18-9-6-13(16,7-9)12(15)17-2/h3-5,9,16H,6-7H2,1-2H3. The first kappa shape index (κ1) is 12.8. The highest BCUT2D eigenvalue weighted by molar-refractivity contribution is 5.80. The Balaban J connectivity index is 1.96. The summed E-state index contributed by atoms with van der Waals surface area (Å²) < 4.78 is 23.4. The van der Waals surface area contributed by atoms with Gasteiger partial charge in [0.15, 0.2) is 17.2 Å². The second-order valence-electron chi connectivity index (χ2n) is 4.61. The summed E-state index contributed by atoms with van der Waals surface area (Å²) in [6.07, 6.45) is -0.133. The third-order valence-electron chi connectivity index (χ3n) is 3.08. The van der Waals surface area contributed by atoms with Gasteiger partial charge in [-0.25, -0.2) is 9.18 Å². The van der Waals surface area contributed by atoms with E-state index in [4.69, 9.17) is 4.74 Å². The molecule has 1 aromatic carbocycles. The number of methoxy groups -OCH3 is 1. The fourth-order valence-electron chi connectivity index (χ4n) is 2.01. The van der Waals surface area contributed by atoms with Gasteiger partial charge in [-0.15, -0.1) is 0 Å². The van der Waals surface area contributed by atoms with E-state index in [0.29, 0.717) is 0 Å². The maximum Gasteiger partial charge on any atom is 0.338 e. The molecular formula is C13H15FO4. The first-order valence-corrected chi connectivity index (χ1v) is 5.68. The summed E-state index contributed by atoms with van der Waals surface area (Å²) >= 11 is 0. The molecule has 1 N–H and O–H groups in total. The van der Waals surface area contributed by atoms with Crippen molar-refractivity contribution in [2.45, 2.75) is 31.5 Å². The molecule has 0 amide bonds. The topological polar surface area (TPSA) is 55.8 Å². The van der Waals surface area contributed by atoms with Crippen LogP contribution in [-0.4, -0.2) is 29.9 Å². The third kappa shape index (κ3) is 2.31. The number of ether oxygens (including phenoxy) is 2. The maximum absolute atomic E-state index is 13.5. The zero-order valence-corrected chi connectivity index (χ0v) is 10.3. The normalized spacial score (nSPS) is 26.3. The average molecular weight is 254 g/mol. The Morgan fingerprint density at radius 1 is 1.50 bits per heavy atom. The van der Waals surface area contributed by atoms with Crippen LogP contribution in [0.25, 0.3) is 0 Å². The predicted molar refractivity (Wildman–Crippen MR) is 61.8 cm³/mol. The number of halogens is 1. The maximum atomic E-state index is 13.5. The van der Waals surface area contributed by atoms with Crippen LogP contribution in [0.4, 0.5) is 4.39 Å². The van der Waals surface area contributed by atoms with Crippen LogP contribution in [0.1, 0.15) is 18.4 Å². The number of aryl methyl sites for hydroxylation is 1. The van der Waals surface area contributed by atoms with E-state index in [2.05, 4.69) is 4.74 Å². The Labute approximate surface area is 104 Å². The van der Waals surface area contributed by atoms with Gasteiger partial charge in [0.1, 0.15) is 6.10 Å². The number of carbonyl (C=O) groups is 1.